The van der Waals surface area contributed by atoms with Crippen molar-refractivity contribution in [3.63, 3.8) is 0 Å². The van der Waals surface area contributed by atoms with Crippen LogP contribution >= 0.6 is 0 Å². The Morgan fingerprint density at radius 2 is 1.68 bits per heavy atom. The van der Waals surface area contributed by atoms with Crippen LogP contribution in [-0.4, -0.2) is 45.2 Å². The molecule has 0 bridgehead atoms. The molecule has 3 N–H and O–H groups in total. The van der Waals surface area contributed by atoms with Gasteiger partial charge in [0, 0.05) is 18.0 Å². The molecular formula is C26H32N2O6. The number of aliphatic hydroxyl groups excluding tert-OH is 1. The third-order valence-corrected chi connectivity index (χ3v) is 5.91. The molecule has 0 saturated heterocycles. The molecule has 3 rings (SSSR count). The molecule has 34 heavy (non-hydrogen) atoms. The Kier molecular flexibility index (Phi) is 8.65. The van der Waals surface area contributed by atoms with E-state index in [1.165, 1.54) is 0 Å². The van der Waals surface area contributed by atoms with Gasteiger partial charge in [-0.15, -0.1) is 0 Å². The number of carbonyl (C=O) groups excluding carboxylic acids is 2. The van der Waals surface area contributed by atoms with Crippen molar-refractivity contribution in [1.29, 1.82) is 0 Å². The number of carboxylic acid groups (broad SMARTS) is 1. The summed E-state index contributed by atoms with van der Waals surface area (Å²) in [6.07, 6.45) is 1.29. The Balaban J connectivity index is 1.72. The monoisotopic (exact) mass is 468 g/mol. The summed E-state index contributed by atoms with van der Waals surface area (Å²) >= 11 is 0. The lowest BCUT2D eigenvalue weighted by molar-refractivity contribution is -0.190. The average Bonchev–Trinajstić information content (AvgIpc) is 3.31. The molecule has 0 heterocycles. The Morgan fingerprint density at radius 3 is 2.26 bits per heavy atom. The number of aliphatic carboxylic acids is 1. The first-order valence-electron chi connectivity index (χ1n) is 11.6. The van der Waals surface area contributed by atoms with Gasteiger partial charge in [0.15, 0.2) is 11.8 Å². The molecule has 182 valence electrons. The second-order valence-corrected chi connectivity index (χ2v) is 8.86. The van der Waals surface area contributed by atoms with Gasteiger partial charge < -0.3 is 20.4 Å². The van der Waals surface area contributed by atoms with Gasteiger partial charge in [0.25, 0.3) is 5.91 Å². The number of carboxylic acids is 1. The molecule has 8 nitrogen and oxygen atoms in total. The lowest BCUT2D eigenvalue weighted by atomic mass is 10.0. The Bertz CT molecular complexity index is 983. The van der Waals surface area contributed by atoms with Crippen LogP contribution in [0, 0.1) is 19.8 Å². The first kappa shape index (κ1) is 25.2. The van der Waals surface area contributed by atoms with Crippen molar-refractivity contribution in [2.24, 2.45) is 5.92 Å². The molecule has 0 radical (unpaired) electrons. The van der Waals surface area contributed by atoms with E-state index in [1.807, 2.05) is 32.0 Å². The van der Waals surface area contributed by atoms with Gasteiger partial charge in [-0.3, -0.25) is 9.59 Å². The highest BCUT2D eigenvalue weighted by Gasteiger charge is 2.41. The summed E-state index contributed by atoms with van der Waals surface area (Å²) in [5.74, 6) is -2.28. The van der Waals surface area contributed by atoms with Crippen LogP contribution in [0.2, 0.25) is 0 Å². The molecule has 0 spiro atoms. The van der Waals surface area contributed by atoms with Gasteiger partial charge in [-0.05, 0) is 68.5 Å². The van der Waals surface area contributed by atoms with Crippen molar-refractivity contribution in [3.05, 3.63) is 59.7 Å². The van der Waals surface area contributed by atoms with Gasteiger partial charge >= 0.3 is 5.97 Å². The van der Waals surface area contributed by atoms with Crippen molar-refractivity contribution in [2.75, 3.05) is 5.32 Å². The predicted octanol–water partition coefficient (Wildman–Crippen LogP) is 3.85. The van der Waals surface area contributed by atoms with Crippen LogP contribution in [0.1, 0.15) is 49.7 Å². The third kappa shape index (κ3) is 6.81. The third-order valence-electron chi connectivity index (χ3n) is 5.91. The number of hydrogen-bond donors (Lipinski definition) is 3. The van der Waals surface area contributed by atoms with Crippen LogP contribution in [0.25, 0.3) is 0 Å². The minimum Gasteiger partial charge on any atom is -0.480 e. The lowest BCUT2D eigenvalue weighted by Crippen LogP contribution is -2.54. The molecule has 1 saturated carbocycles. The molecule has 1 aliphatic rings. The number of rotatable bonds is 10. The second-order valence-electron chi connectivity index (χ2n) is 8.86. The van der Waals surface area contributed by atoms with E-state index in [0.717, 1.165) is 29.0 Å². The SMILES string of the molecule is Cc1cc(C)cc(NC(=O)CC[C@@H](O)[C@@H](C(=O)O)N(Oc2ccccc2)C(=O)C2CCCC2)c1. The summed E-state index contributed by atoms with van der Waals surface area (Å²) in [4.78, 5) is 43.5. The van der Waals surface area contributed by atoms with Crippen LogP contribution in [0.5, 0.6) is 5.75 Å². The zero-order valence-corrected chi connectivity index (χ0v) is 19.6. The minimum atomic E-state index is -1.65. The number of para-hydroxylation sites is 1. The fourth-order valence-electron chi connectivity index (χ4n) is 4.31. The number of aryl methyl sites for hydroxylation is 2. The molecule has 1 fully saturated rings. The second kappa shape index (κ2) is 11.7. The van der Waals surface area contributed by atoms with Gasteiger partial charge in [0.05, 0.1) is 6.10 Å². The van der Waals surface area contributed by atoms with E-state index in [9.17, 15) is 24.6 Å². The van der Waals surface area contributed by atoms with Crippen molar-refractivity contribution < 1.29 is 29.4 Å². The van der Waals surface area contributed by atoms with Gasteiger partial charge in [-0.1, -0.05) is 37.1 Å². The summed E-state index contributed by atoms with van der Waals surface area (Å²) in [6.45, 7) is 3.85. The van der Waals surface area contributed by atoms with Gasteiger partial charge in [-0.2, -0.15) is 5.06 Å². The molecule has 2 aromatic rings. The van der Waals surface area contributed by atoms with Crippen molar-refractivity contribution in [2.45, 2.75) is 64.5 Å². The van der Waals surface area contributed by atoms with Crippen molar-refractivity contribution in [1.82, 2.24) is 5.06 Å². The highest BCUT2D eigenvalue weighted by Crippen LogP contribution is 2.29. The van der Waals surface area contributed by atoms with Crippen molar-refractivity contribution in [3.8, 4) is 5.75 Å². The molecular weight excluding hydrogens is 436 g/mol. The number of aliphatic hydroxyl groups is 1. The van der Waals surface area contributed by atoms with Gasteiger partial charge in [0.2, 0.25) is 5.91 Å². The van der Waals surface area contributed by atoms with E-state index in [4.69, 9.17) is 4.84 Å². The molecule has 2 aromatic carbocycles. The molecule has 1 aliphatic carbocycles. The van der Waals surface area contributed by atoms with E-state index in [1.54, 1.807) is 30.3 Å². The number of carbonyl (C=O) groups is 3. The summed E-state index contributed by atoms with van der Waals surface area (Å²) < 4.78 is 0. The van der Waals surface area contributed by atoms with E-state index in [0.29, 0.717) is 24.3 Å². The maximum Gasteiger partial charge on any atom is 0.332 e. The van der Waals surface area contributed by atoms with Crippen molar-refractivity contribution >= 4 is 23.5 Å². The topological polar surface area (TPSA) is 116 Å². The van der Waals surface area contributed by atoms with Gasteiger partial charge in [-0.25, -0.2) is 4.79 Å². The molecule has 2 amide bonds. The Hall–Kier alpha value is -3.39. The molecule has 2 atom stereocenters. The fraction of sp³-hybridized carbons (Fsp3) is 0.423. The average molecular weight is 469 g/mol. The summed E-state index contributed by atoms with van der Waals surface area (Å²) in [6, 6.07) is 12.4. The van der Waals surface area contributed by atoms with E-state index in [-0.39, 0.29) is 24.7 Å². The van der Waals surface area contributed by atoms with E-state index >= 15 is 0 Å². The van der Waals surface area contributed by atoms with Crippen LogP contribution in [0.15, 0.2) is 48.5 Å². The Labute approximate surface area is 199 Å². The van der Waals surface area contributed by atoms with E-state index in [2.05, 4.69) is 5.32 Å². The van der Waals surface area contributed by atoms with Gasteiger partial charge in [0.1, 0.15) is 0 Å². The zero-order chi connectivity index (χ0) is 24.7. The lowest BCUT2D eigenvalue weighted by Gasteiger charge is -2.32. The highest BCUT2D eigenvalue weighted by molar-refractivity contribution is 5.91. The quantitative estimate of drug-likeness (QED) is 0.456. The van der Waals surface area contributed by atoms with Crippen LogP contribution in [0.3, 0.4) is 0 Å². The normalized spacial score (nSPS) is 15.4. The molecule has 0 unspecified atom stereocenters. The highest BCUT2D eigenvalue weighted by atomic mass is 16.7. The maximum absolute atomic E-state index is 13.2. The zero-order valence-electron chi connectivity index (χ0n) is 19.6. The largest absolute Gasteiger partial charge is 0.480 e. The van der Waals surface area contributed by atoms with Crippen LogP contribution < -0.4 is 10.2 Å². The number of anilines is 1. The minimum absolute atomic E-state index is 0.116. The number of hydroxylamine groups is 2. The first-order chi connectivity index (χ1) is 16.2. The number of nitrogens with zero attached hydrogens (tertiary/aromatic N) is 1. The molecule has 0 aliphatic heterocycles. The summed E-state index contributed by atoms with van der Waals surface area (Å²) in [5.41, 5.74) is 2.64. The predicted molar refractivity (Wildman–Crippen MR) is 127 cm³/mol. The number of benzene rings is 2. The number of nitrogens with one attached hydrogen (secondary N) is 1. The standard InChI is InChI=1S/C26H32N2O6/c1-17-14-18(2)16-20(15-17)27-23(30)13-12-22(29)24(26(32)33)28(25(31)19-8-6-7-9-19)34-21-10-4-3-5-11-21/h3-5,10-11,14-16,19,22,24,29H,6-9,12-13H2,1-2H3,(H,27,30)(H,32,33)/t22-,24+/m1/s1. The van der Waals surface area contributed by atoms with Crippen LogP contribution in [-0.2, 0) is 14.4 Å². The fourth-order valence-corrected chi connectivity index (χ4v) is 4.31. The number of amides is 2. The summed E-state index contributed by atoms with van der Waals surface area (Å²) in [7, 11) is 0. The number of hydrogen-bond acceptors (Lipinski definition) is 5. The van der Waals surface area contributed by atoms with Crippen LogP contribution in [0.4, 0.5) is 5.69 Å². The smallest absolute Gasteiger partial charge is 0.332 e. The van der Waals surface area contributed by atoms with E-state index < -0.39 is 24.0 Å². The Morgan fingerprint density at radius 1 is 1.06 bits per heavy atom. The summed E-state index contributed by atoms with van der Waals surface area (Å²) in [5, 5.41) is 24.3. The molecule has 8 heteroatoms. The maximum atomic E-state index is 13.2. The molecule has 0 aromatic heterocycles. The first-order valence-corrected chi connectivity index (χ1v) is 11.6.